The minimum atomic E-state index is -0.269. The van der Waals surface area contributed by atoms with Crippen LogP contribution in [0.5, 0.6) is 0 Å². The number of hydrogen-bond acceptors (Lipinski definition) is 2. The third kappa shape index (κ3) is 3.27. The van der Waals surface area contributed by atoms with E-state index in [-0.39, 0.29) is 30.1 Å². The topological polar surface area (TPSA) is 40.6 Å². The first-order valence-electron chi connectivity index (χ1n) is 9.68. The van der Waals surface area contributed by atoms with Crippen molar-refractivity contribution >= 4 is 11.8 Å². The summed E-state index contributed by atoms with van der Waals surface area (Å²) in [6, 6.07) is 6.45. The third-order valence-electron chi connectivity index (χ3n) is 5.91. The van der Waals surface area contributed by atoms with E-state index < -0.39 is 0 Å². The molecule has 1 unspecified atom stereocenters. The normalized spacial score (nSPS) is 23.0. The van der Waals surface area contributed by atoms with E-state index in [1.54, 1.807) is 12.1 Å². The Bertz CT molecular complexity index is 735. The molecule has 2 amide bonds. The molecule has 1 saturated carbocycles. The average molecular weight is 356 g/mol. The van der Waals surface area contributed by atoms with E-state index in [1.165, 1.54) is 17.7 Å². The monoisotopic (exact) mass is 356 g/mol. The summed E-state index contributed by atoms with van der Waals surface area (Å²) in [6.07, 6.45) is 6.43. The molecule has 5 heteroatoms. The van der Waals surface area contributed by atoms with Crippen LogP contribution in [0.4, 0.5) is 4.39 Å². The molecular weight excluding hydrogens is 331 g/mol. The van der Waals surface area contributed by atoms with Crippen molar-refractivity contribution in [3.05, 3.63) is 46.8 Å². The summed E-state index contributed by atoms with van der Waals surface area (Å²) in [6.45, 7) is 2.12. The zero-order valence-electron chi connectivity index (χ0n) is 15.0. The number of carbonyl (C=O) groups excluding carboxylic acids is 2. The van der Waals surface area contributed by atoms with E-state index in [4.69, 9.17) is 0 Å². The highest BCUT2D eigenvalue weighted by Gasteiger charge is 2.40. The second kappa shape index (κ2) is 7.22. The first-order chi connectivity index (χ1) is 12.6. The van der Waals surface area contributed by atoms with Gasteiger partial charge >= 0.3 is 0 Å². The van der Waals surface area contributed by atoms with Crippen LogP contribution in [0.2, 0.25) is 0 Å². The molecule has 2 heterocycles. The van der Waals surface area contributed by atoms with E-state index >= 15 is 0 Å². The van der Waals surface area contributed by atoms with Gasteiger partial charge < -0.3 is 9.80 Å². The maximum atomic E-state index is 13.2. The van der Waals surface area contributed by atoms with Gasteiger partial charge in [0.05, 0.1) is 12.5 Å². The van der Waals surface area contributed by atoms with Crippen LogP contribution < -0.4 is 0 Å². The summed E-state index contributed by atoms with van der Waals surface area (Å²) >= 11 is 0. The van der Waals surface area contributed by atoms with Gasteiger partial charge in [-0.15, -0.1) is 0 Å². The first kappa shape index (κ1) is 17.3. The Kier molecular flexibility index (Phi) is 4.79. The van der Waals surface area contributed by atoms with Gasteiger partial charge in [-0.2, -0.15) is 0 Å². The molecule has 2 fully saturated rings. The average Bonchev–Trinajstić information content (AvgIpc) is 3.27. The van der Waals surface area contributed by atoms with Gasteiger partial charge in [-0.25, -0.2) is 4.39 Å². The molecule has 1 saturated heterocycles. The number of fused-ring (bicyclic) bond motifs is 1. The van der Waals surface area contributed by atoms with Gasteiger partial charge in [0.25, 0.3) is 5.91 Å². The summed E-state index contributed by atoms with van der Waals surface area (Å²) in [4.78, 5) is 29.5. The van der Waals surface area contributed by atoms with Crippen molar-refractivity contribution in [3.8, 4) is 0 Å². The maximum Gasteiger partial charge on any atom is 0.251 e. The number of halogens is 1. The second-order valence-corrected chi connectivity index (χ2v) is 7.59. The van der Waals surface area contributed by atoms with Crippen LogP contribution in [0.3, 0.4) is 0 Å². The van der Waals surface area contributed by atoms with Gasteiger partial charge in [0.15, 0.2) is 0 Å². The van der Waals surface area contributed by atoms with Gasteiger partial charge in [-0.1, -0.05) is 18.6 Å². The van der Waals surface area contributed by atoms with Crippen LogP contribution in [0.15, 0.2) is 35.4 Å². The van der Waals surface area contributed by atoms with Crippen LogP contribution >= 0.6 is 0 Å². The number of benzene rings is 1. The Morgan fingerprint density at radius 1 is 1.08 bits per heavy atom. The van der Waals surface area contributed by atoms with Crippen LogP contribution in [-0.2, 0) is 16.1 Å². The van der Waals surface area contributed by atoms with Crippen molar-refractivity contribution in [2.45, 2.75) is 57.5 Å². The molecule has 0 radical (unpaired) electrons. The van der Waals surface area contributed by atoms with E-state index in [1.807, 2.05) is 9.80 Å². The Morgan fingerprint density at radius 2 is 1.81 bits per heavy atom. The van der Waals surface area contributed by atoms with Crippen LogP contribution in [0.25, 0.3) is 0 Å². The molecule has 1 aliphatic carbocycles. The predicted octanol–water partition coefficient (Wildman–Crippen LogP) is 3.42. The number of carbonyl (C=O) groups is 2. The molecule has 4 nitrogen and oxygen atoms in total. The molecule has 1 atom stereocenters. The Morgan fingerprint density at radius 3 is 2.54 bits per heavy atom. The standard InChI is InChI=1S/C21H25FN2O2/c22-16-9-7-15(8-10-16)14-24-19-6-2-1-5-17(19)18(21(24)26)13-20(25)23-11-3-4-12-23/h7-10,19H,1-6,11-14H2. The molecule has 2 aliphatic heterocycles. The van der Waals surface area contributed by atoms with Crippen molar-refractivity contribution in [2.75, 3.05) is 13.1 Å². The van der Waals surface area contributed by atoms with Crippen LogP contribution in [-0.4, -0.2) is 40.7 Å². The zero-order chi connectivity index (χ0) is 18.1. The lowest BCUT2D eigenvalue weighted by atomic mass is 9.88. The molecule has 138 valence electrons. The summed E-state index contributed by atoms with van der Waals surface area (Å²) in [7, 11) is 0. The zero-order valence-corrected chi connectivity index (χ0v) is 15.0. The Hall–Kier alpha value is -2.17. The van der Waals surface area contributed by atoms with E-state index in [2.05, 4.69) is 0 Å². The fraction of sp³-hybridized carbons (Fsp3) is 0.524. The van der Waals surface area contributed by atoms with E-state index in [0.29, 0.717) is 6.54 Å². The quantitative estimate of drug-likeness (QED) is 0.829. The van der Waals surface area contributed by atoms with Crippen LogP contribution in [0, 0.1) is 5.82 Å². The Balaban J connectivity index is 1.54. The highest BCUT2D eigenvalue weighted by molar-refractivity contribution is 6.02. The van der Waals surface area contributed by atoms with Gasteiger partial charge in [-0.3, -0.25) is 9.59 Å². The lowest BCUT2D eigenvalue weighted by Gasteiger charge is -2.30. The van der Waals surface area contributed by atoms with Gasteiger partial charge in [-0.05, 0) is 55.4 Å². The minimum absolute atomic E-state index is 0.00349. The number of nitrogens with zero attached hydrogens (tertiary/aromatic N) is 2. The SMILES string of the molecule is O=C(CC1=C2CCCCC2N(Cc2ccc(F)cc2)C1=O)N1CCCC1. The molecule has 0 aromatic heterocycles. The fourth-order valence-electron chi connectivity index (χ4n) is 4.53. The molecule has 1 aromatic rings. The molecular formula is C21H25FN2O2. The second-order valence-electron chi connectivity index (χ2n) is 7.59. The summed E-state index contributed by atoms with van der Waals surface area (Å²) in [5.74, 6) is -0.176. The van der Waals surface area contributed by atoms with Gasteiger partial charge in [0, 0.05) is 25.2 Å². The molecule has 3 aliphatic rings. The van der Waals surface area contributed by atoms with Crippen molar-refractivity contribution in [2.24, 2.45) is 0 Å². The van der Waals surface area contributed by atoms with E-state index in [9.17, 15) is 14.0 Å². The van der Waals surface area contributed by atoms with Crippen molar-refractivity contribution < 1.29 is 14.0 Å². The molecule has 26 heavy (non-hydrogen) atoms. The molecule has 0 N–H and O–H groups in total. The molecule has 0 bridgehead atoms. The predicted molar refractivity (Wildman–Crippen MR) is 96.7 cm³/mol. The smallest absolute Gasteiger partial charge is 0.251 e. The lowest BCUT2D eigenvalue weighted by molar-refractivity contribution is -0.132. The highest BCUT2D eigenvalue weighted by Crippen LogP contribution is 2.39. The minimum Gasteiger partial charge on any atom is -0.342 e. The first-order valence-corrected chi connectivity index (χ1v) is 9.68. The fourth-order valence-corrected chi connectivity index (χ4v) is 4.53. The summed E-state index contributed by atoms with van der Waals surface area (Å²) in [5, 5.41) is 0. The largest absolute Gasteiger partial charge is 0.342 e. The van der Waals surface area contributed by atoms with Gasteiger partial charge in [0.1, 0.15) is 5.82 Å². The lowest BCUT2D eigenvalue weighted by Crippen LogP contribution is -2.36. The summed E-state index contributed by atoms with van der Waals surface area (Å²) in [5.41, 5.74) is 2.83. The van der Waals surface area contributed by atoms with Gasteiger partial charge in [0.2, 0.25) is 5.91 Å². The van der Waals surface area contributed by atoms with Crippen LogP contribution in [0.1, 0.15) is 50.5 Å². The molecule has 0 spiro atoms. The Labute approximate surface area is 153 Å². The number of rotatable bonds is 4. The number of amides is 2. The highest BCUT2D eigenvalue weighted by atomic mass is 19.1. The third-order valence-corrected chi connectivity index (χ3v) is 5.91. The maximum absolute atomic E-state index is 13.2. The molecule has 4 rings (SSSR count). The van der Waals surface area contributed by atoms with Crippen molar-refractivity contribution in [3.63, 3.8) is 0 Å². The number of likely N-dealkylation sites (tertiary alicyclic amines) is 1. The number of hydrogen-bond donors (Lipinski definition) is 0. The summed E-state index contributed by atoms with van der Waals surface area (Å²) < 4.78 is 13.2. The van der Waals surface area contributed by atoms with Crippen molar-refractivity contribution in [1.82, 2.24) is 9.80 Å². The molecule has 1 aromatic carbocycles. The van der Waals surface area contributed by atoms with Crippen molar-refractivity contribution in [1.29, 1.82) is 0 Å². The van der Waals surface area contributed by atoms with E-state index in [0.717, 1.165) is 62.8 Å².